The van der Waals surface area contributed by atoms with Gasteiger partial charge in [0.2, 0.25) is 0 Å². The lowest BCUT2D eigenvalue weighted by atomic mass is 10.1. The van der Waals surface area contributed by atoms with Crippen molar-refractivity contribution in [1.29, 1.82) is 0 Å². The van der Waals surface area contributed by atoms with Crippen LogP contribution in [0.3, 0.4) is 0 Å². The second kappa shape index (κ2) is 4.49. The molecule has 0 fully saturated rings. The maximum Gasteiger partial charge on any atom is 0.0480 e. The van der Waals surface area contributed by atoms with E-state index in [1.165, 1.54) is 22.9 Å². The van der Waals surface area contributed by atoms with E-state index in [4.69, 9.17) is 0 Å². The number of hydrogen-bond donors (Lipinski definition) is 1. The Hall–Kier alpha value is -1.28. The van der Waals surface area contributed by atoms with Gasteiger partial charge in [0.05, 0.1) is 0 Å². The molecule has 2 heteroatoms. The quantitative estimate of drug-likeness (QED) is 0.753. The molecule has 2 aromatic rings. The number of rotatable bonds is 4. The Balaban J connectivity index is 2.26. The lowest BCUT2D eigenvalue weighted by Gasteiger charge is -2.04. The molecule has 80 valence electrons. The molecule has 2 rings (SSSR count). The second-order valence-electron chi connectivity index (χ2n) is 3.98. The van der Waals surface area contributed by atoms with Gasteiger partial charge in [0.25, 0.3) is 0 Å². The van der Waals surface area contributed by atoms with Gasteiger partial charge in [0.15, 0.2) is 0 Å². The highest BCUT2D eigenvalue weighted by Crippen LogP contribution is 2.20. The smallest absolute Gasteiger partial charge is 0.0480 e. The molecule has 0 aliphatic rings. The Bertz CT molecular complexity index is 443. The summed E-state index contributed by atoms with van der Waals surface area (Å²) in [6.45, 7) is 1.09. The fourth-order valence-electron chi connectivity index (χ4n) is 2.04. The molecule has 2 nitrogen and oxygen atoms in total. The summed E-state index contributed by atoms with van der Waals surface area (Å²) in [6, 6.07) is 8.77. The normalized spacial score (nSPS) is 11.1. The summed E-state index contributed by atoms with van der Waals surface area (Å²) in [5.41, 5.74) is 2.79. The highest BCUT2D eigenvalue weighted by molar-refractivity contribution is 5.83. The molecule has 1 N–H and O–H groups in total. The summed E-state index contributed by atoms with van der Waals surface area (Å²) >= 11 is 0. The van der Waals surface area contributed by atoms with Gasteiger partial charge in [-0.15, -0.1) is 0 Å². The summed E-state index contributed by atoms with van der Waals surface area (Å²) in [5.74, 6) is 0. The number of hydrogen-bond acceptors (Lipinski definition) is 1. The van der Waals surface area contributed by atoms with Crippen LogP contribution in [0, 0.1) is 0 Å². The molecule has 0 amide bonds. The lowest BCUT2D eigenvalue weighted by Crippen LogP contribution is -2.08. The van der Waals surface area contributed by atoms with Crippen LogP contribution in [-0.2, 0) is 13.5 Å². The first-order chi connectivity index (χ1) is 7.33. The van der Waals surface area contributed by atoms with E-state index in [1.54, 1.807) is 0 Å². The second-order valence-corrected chi connectivity index (χ2v) is 3.98. The Morgan fingerprint density at radius 3 is 2.93 bits per heavy atom. The van der Waals surface area contributed by atoms with E-state index in [0.29, 0.717) is 0 Å². The summed E-state index contributed by atoms with van der Waals surface area (Å²) in [5, 5.41) is 4.59. The molecule has 0 unspecified atom stereocenters. The fourth-order valence-corrected chi connectivity index (χ4v) is 2.04. The van der Waals surface area contributed by atoms with Gasteiger partial charge in [0, 0.05) is 24.1 Å². The number of fused-ring (bicyclic) bond motifs is 1. The van der Waals surface area contributed by atoms with Crippen LogP contribution in [0.4, 0.5) is 0 Å². The minimum absolute atomic E-state index is 1.09. The maximum absolute atomic E-state index is 3.19. The molecule has 0 atom stereocenters. The fraction of sp³-hybridized carbons (Fsp3) is 0.385. The Morgan fingerprint density at radius 2 is 2.13 bits per heavy atom. The van der Waals surface area contributed by atoms with E-state index in [1.807, 2.05) is 7.05 Å². The molecule has 1 aromatic carbocycles. The van der Waals surface area contributed by atoms with Crippen LogP contribution in [0.25, 0.3) is 10.9 Å². The number of aromatic nitrogens is 1. The number of aryl methyl sites for hydroxylation is 2. The van der Waals surface area contributed by atoms with Crippen LogP contribution >= 0.6 is 0 Å². The molecule has 0 bridgehead atoms. The summed E-state index contributed by atoms with van der Waals surface area (Å²) in [6.07, 6.45) is 4.49. The summed E-state index contributed by atoms with van der Waals surface area (Å²) < 4.78 is 2.18. The third kappa shape index (κ3) is 2.05. The lowest BCUT2D eigenvalue weighted by molar-refractivity contribution is 0.727. The van der Waals surface area contributed by atoms with Crippen molar-refractivity contribution in [3.05, 3.63) is 36.0 Å². The molecule has 0 aliphatic carbocycles. The van der Waals surface area contributed by atoms with Gasteiger partial charge in [0.1, 0.15) is 0 Å². The van der Waals surface area contributed by atoms with E-state index in [0.717, 1.165) is 13.0 Å². The summed E-state index contributed by atoms with van der Waals surface area (Å²) in [7, 11) is 4.10. The zero-order valence-corrected chi connectivity index (χ0v) is 9.46. The monoisotopic (exact) mass is 202 g/mol. The van der Waals surface area contributed by atoms with Crippen LogP contribution in [0.15, 0.2) is 30.5 Å². The van der Waals surface area contributed by atoms with E-state index >= 15 is 0 Å². The van der Waals surface area contributed by atoms with Crippen molar-refractivity contribution in [3.63, 3.8) is 0 Å². The SMILES string of the molecule is CNCCCc1cccc2c1ccn2C. The standard InChI is InChI=1S/C13H18N2/c1-14-9-4-6-11-5-3-7-13-12(11)8-10-15(13)2/h3,5,7-8,10,14H,4,6,9H2,1-2H3. The van der Waals surface area contributed by atoms with Gasteiger partial charge in [-0.2, -0.15) is 0 Å². The minimum atomic E-state index is 1.09. The molecule has 1 aromatic heterocycles. The highest BCUT2D eigenvalue weighted by atomic mass is 14.9. The average molecular weight is 202 g/mol. The van der Waals surface area contributed by atoms with Crippen molar-refractivity contribution in [2.45, 2.75) is 12.8 Å². The number of nitrogens with one attached hydrogen (secondary N) is 1. The van der Waals surface area contributed by atoms with Crippen LogP contribution in [-0.4, -0.2) is 18.2 Å². The van der Waals surface area contributed by atoms with Gasteiger partial charge >= 0.3 is 0 Å². The first kappa shape index (κ1) is 10.2. The Kier molecular flexibility index (Phi) is 3.07. The van der Waals surface area contributed by atoms with Crippen molar-refractivity contribution in [1.82, 2.24) is 9.88 Å². The van der Waals surface area contributed by atoms with E-state index in [2.05, 4.69) is 47.4 Å². The maximum atomic E-state index is 3.19. The molecule has 0 aliphatic heterocycles. The first-order valence-corrected chi connectivity index (χ1v) is 5.50. The zero-order valence-electron chi connectivity index (χ0n) is 9.46. The highest BCUT2D eigenvalue weighted by Gasteiger charge is 2.02. The van der Waals surface area contributed by atoms with Crippen LogP contribution in [0.2, 0.25) is 0 Å². The minimum Gasteiger partial charge on any atom is -0.351 e. The summed E-state index contributed by atoms with van der Waals surface area (Å²) in [4.78, 5) is 0. The first-order valence-electron chi connectivity index (χ1n) is 5.50. The van der Waals surface area contributed by atoms with Crippen molar-refractivity contribution in [2.24, 2.45) is 7.05 Å². The van der Waals surface area contributed by atoms with Crippen LogP contribution in [0.1, 0.15) is 12.0 Å². The van der Waals surface area contributed by atoms with Crippen LogP contribution < -0.4 is 5.32 Å². The third-order valence-electron chi connectivity index (χ3n) is 2.89. The van der Waals surface area contributed by atoms with Crippen molar-refractivity contribution < 1.29 is 0 Å². The van der Waals surface area contributed by atoms with Gasteiger partial charge in [-0.3, -0.25) is 0 Å². The largest absolute Gasteiger partial charge is 0.351 e. The number of nitrogens with zero attached hydrogens (tertiary/aromatic N) is 1. The number of benzene rings is 1. The van der Waals surface area contributed by atoms with E-state index < -0.39 is 0 Å². The van der Waals surface area contributed by atoms with Gasteiger partial charge in [-0.05, 0) is 44.1 Å². The van der Waals surface area contributed by atoms with E-state index in [9.17, 15) is 0 Å². The Labute approximate surface area is 90.9 Å². The molecule has 1 heterocycles. The average Bonchev–Trinajstić information content (AvgIpc) is 2.62. The predicted octanol–water partition coefficient (Wildman–Crippen LogP) is 2.33. The third-order valence-corrected chi connectivity index (χ3v) is 2.89. The van der Waals surface area contributed by atoms with E-state index in [-0.39, 0.29) is 0 Å². The molecule has 0 saturated heterocycles. The molecule has 0 radical (unpaired) electrons. The molecule has 0 saturated carbocycles. The molecular formula is C13H18N2. The zero-order chi connectivity index (χ0) is 10.7. The molecule has 15 heavy (non-hydrogen) atoms. The van der Waals surface area contributed by atoms with Crippen LogP contribution in [0.5, 0.6) is 0 Å². The van der Waals surface area contributed by atoms with Gasteiger partial charge in [-0.1, -0.05) is 12.1 Å². The predicted molar refractivity (Wildman–Crippen MR) is 65.2 cm³/mol. The van der Waals surface area contributed by atoms with Crippen molar-refractivity contribution in [3.8, 4) is 0 Å². The molecular weight excluding hydrogens is 184 g/mol. The van der Waals surface area contributed by atoms with Crippen molar-refractivity contribution in [2.75, 3.05) is 13.6 Å². The molecule has 0 spiro atoms. The van der Waals surface area contributed by atoms with Crippen molar-refractivity contribution >= 4 is 10.9 Å². The topological polar surface area (TPSA) is 17.0 Å². The van der Waals surface area contributed by atoms with Gasteiger partial charge < -0.3 is 9.88 Å². The Morgan fingerprint density at radius 1 is 1.27 bits per heavy atom. The van der Waals surface area contributed by atoms with Gasteiger partial charge in [-0.25, -0.2) is 0 Å².